The van der Waals surface area contributed by atoms with Crippen LogP contribution >= 0.6 is 11.6 Å². The van der Waals surface area contributed by atoms with Crippen LogP contribution < -0.4 is 5.32 Å². The number of halogens is 1. The summed E-state index contributed by atoms with van der Waals surface area (Å²) in [5.74, 6) is -0.168. The van der Waals surface area contributed by atoms with Crippen molar-refractivity contribution in [3.8, 4) is 0 Å². The van der Waals surface area contributed by atoms with Crippen LogP contribution in [0.1, 0.15) is 29.9 Å². The number of carbonyl (C=O) groups excluding carboxylic acids is 1. The smallest absolute Gasteiger partial charge is 0.252 e. The summed E-state index contributed by atoms with van der Waals surface area (Å²) >= 11 is 5.88. The van der Waals surface area contributed by atoms with Crippen LogP contribution in [0, 0.1) is 0 Å². The number of aromatic nitrogens is 1. The van der Waals surface area contributed by atoms with Crippen LogP contribution in [-0.4, -0.2) is 10.9 Å². The minimum absolute atomic E-state index is 0.168. The van der Waals surface area contributed by atoms with Crippen LogP contribution in [0.2, 0.25) is 5.02 Å². The van der Waals surface area contributed by atoms with Gasteiger partial charge in [-0.25, -0.2) is 0 Å². The van der Waals surface area contributed by atoms with Crippen molar-refractivity contribution in [2.75, 3.05) is 0 Å². The highest BCUT2D eigenvalue weighted by Crippen LogP contribution is 2.18. The van der Waals surface area contributed by atoms with E-state index in [0.29, 0.717) is 10.6 Å². The Morgan fingerprint density at radius 3 is 2.63 bits per heavy atom. The fourth-order valence-electron chi connectivity index (χ4n) is 1.78. The molecule has 19 heavy (non-hydrogen) atoms. The van der Waals surface area contributed by atoms with E-state index in [0.717, 1.165) is 5.69 Å². The van der Waals surface area contributed by atoms with E-state index in [9.17, 15) is 4.79 Å². The first kappa shape index (κ1) is 13.6. The van der Waals surface area contributed by atoms with Gasteiger partial charge in [-0.3, -0.25) is 9.78 Å². The van der Waals surface area contributed by atoms with Gasteiger partial charge in [0.1, 0.15) is 0 Å². The predicted octanol–water partition coefficient (Wildman–Crippen LogP) is 3.40. The number of pyridine rings is 1. The molecule has 0 spiro atoms. The molecular formula is C15H15ClN2O. The maximum atomic E-state index is 12.2. The number of carbonyl (C=O) groups is 1. The lowest BCUT2D eigenvalue weighted by atomic mass is 9.99. The predicted molar refractivity (Wildman–Crippen MR) is 76.2 cm³/mol. The van der Waals surface area contributed by atoms with E-state index in [-0.39, 0.29) is 5.91 Å². The third kappa shape index (κ3) is 3.32. The second-order valence-electron chi connectivity index (χ2n) is 4.80. The lowest BCUT2D eigenvalue weighted by Gasteiger charge is -2.25. The molecule has 2 aromatic rings. The Kier molecular flexibility index (Phi) is 3.86. The van der Waals surface area contributed by atoms with Gasteiger partial charge in [0.25, 0.3) is 5.91 Å². The minimum Gasteiger partial charge on any atom is -0.342 e. The van der Waals surface area contributed by atoms with Gasteiger partial charge in [-0.1, -0.05) is 23.7 Å². The summed E-state index contributed by atoms with van der Waals surface area (Å²) in [4.78, 5) is 16.5. The second kappa shape index (κ2) is 5.41. The van der Waals surface area contributed by atoms with Gasteiger partial charge in [0.15, 0.2) is 0 Å². The van der Waals surface area contributed by atoms with E-state index in [1.807, 2.05) is 32.0 Å². The van der Waals surface area contributed by atoms with Gasteiger partial charge in [-0.15, -0.1) is 0 Å². The van der Waals surface area contributed by atoms with Gasteiger partial charge >= 0.3 is 0 Å². The summed E-state index contributed by atoms with van der Waals surface area (Å²) in [6.07, 6.45) is 1.71. The standard InChI is InChI=1S/C15H15ClN2O/c1-15(2,13-8-3-4-9-17-13)18-14(19)11-6-5-7-12(16)10-11/h3-10H,1-2H3,(H,18,19). The molecule has 1 aromatic carbocycles. The van der Waals surface area contributed by atoms with Crippen molar-refractivity contribution < 1.29 is 4.79 Å². The third-order valence-electron chi connectivity index (χ3n) is 2.82. The number of benzene rings is 1. The number of rotatable bonds is 3. The lowest BCUT2D eigenvalue weighted by molar-refractivity contribution is 0.0910. The highest BCUT2D eigenvalue weighted by atomic mass is 35.5. The van der Waals surface area contributed by atoms with Crippen molar-refractivity contribution in [2.24, 2.45) is 0 Å². The average Bonchev–Trinajstić information content (AvgIpc) is 2.39. The molecule has 2 rings (SSSR count). The number of hydrogen-bond acceptors (Lipinski definition) is 2. The van der Waals surface area contributed by atoms with Crippen LogP contribution in [0.3, 0.4) is 0 Å². The number of nitrogens with zero attached hydrogens (tertiary/aromatic N) is 1. The maximum absolute atomic E-state index is 12.2. The summed E-state index contributed by atoms with van der Waals surface area (Å²) in [6.45, 7) is 3.83. The second-order valence-corrected chi connectivity index (χ2v) is 5.24. The first-order valence-corrected chi connectivity index (χ1v) is 6.36. The fraction of sp³-hybridized carbons (Fsp3) is 0.200. The van der Waals surface area contributed by atoms with Gasteiger partial charge < -0.3 is 5.32 Å². The molecule has 0 aliphatic heterocycles. The molecule has 3 nitrogen and oxygen atoms in total. The summed E-state index contributed by atoms with van der Waals surface area (Å²) in [5.41, 5.74) is 0.808. The Balaban J connectivity index is 2.19. The Morgan fingerprint density at radius 1 is 1.21 bits per heavy atom. The Bertz CT molecular complexity index is 582. The van der Waals surface area contributed by atoms with Crippen molar-refractivity contribution in [3.63, 3.8) is 0 Å². The molecule has 0 aliphatic rings. The molecule has 1 amide bonds. The zero-order chi connectivity index (χ0) is 13.9. The van der Waals surface area contributed by atoms with E-state index in [2.05, 4.69) is 10.3 Å². The molecule has 0 fully saturated rings. The van der Waals surface area contributed by atoms with Crippen molar-refractivity contribution >= 4 is 17.5 Å². The monoisotopic (exact) mass is 274 g/mol. The molecule has 98 valence electrons. The van der Waals surface area contributed by atoms with Crippen molar-refractivity contribution in [3.05, 3.63) is 64.9 Å². The van der Waals surface area contributed by atoms with E-state index in [4.69, 9.17) is 11.6 Å². The number of amides is 1. The summed E-state index contributed by atoms with van der Waals surface area (Å²) < 4.78 is 0. The molecule has 0 bridgehead atoms. The fourth-order valence-corrected chi connectivity index (χ4v) is 1.97. The van der Waals surface area contributed by atoms with E-state index in [1.165, 1.54) is 0 Å². The minimum atomic E-state index is -0.541. The normalized spacial score (nSPS) is 11.1. The summed E-state index contributed by atoms with van der Waals surface area (Å²) in [5, 5.41) is 3.50. The molecule has 1 heterocycles. The van der Waals surface area contributed by atoms with Crippen LogP contribution in [0.25, 0.3) is 0 Å². The molecule has 0 atom stereocenters. The summed E-state index contributed by atoms with van der Waals surface area (Å²) in [7, 11) is 0. The lowest BCUT2D eigenvalue weighted by Crippen LogP contribution is -2.41. The molecule has 0 saturated heterocycles. The highest BCUT2D eigenvalue weighted by molar-refractivity contribution is 6.30. The van der Waals surface area contributed by atoms with Crippen LogP contribution in [-0.2, 0) is 5.54 Å². The Morgan fingerprint density at radius 2 is 2.00 bits per heavy atom. The van der Waals surface area contributed by atoms with Crippen molar-refractivity contribution in [1.82, 2.24) is 10.3 Å². The molecule has 1 N–H and O–H groups in total. The molecule has 0 unspecified atom stereocenters. The van der Waals surface area contributed by atoms with Crippen molar-refractivity contribution in [2.45, 2.75) is 19.4 Å². The van der Waals surface area contributed by atoms with E-state index in [1.54, 1.807) is 30.5 Å². The quantitative estimate of drug-likeness (QED) is 0.932. The van der Waals surface area contributed by atoms with E-state index < -0.39 is 5.54 Å². The first-order chi connectivity index (χ1) is 8.99. The zero-order valence-corrected chi connectivity index (χ0v) is 11.6. The third-order valence-corrected chi connectivity index (χ3v) is 3.05. The summed E-state index contributed by atoms with van der Waals surface area (Å²) in [6, 6.07) is 12.5. The van der Waals surface area contributed by atoms with E-state index >= 15 is 0 Å². The van der Waals surface area contributed by atoms with Gasteiger partial charge in [-0.2, -0.15) is 0 Å². The van der Waals surface area contributed by atoms with Gasteiger partial charge in [0, 0.05) is 16.8 Å². The zero-order valence-electron chi connectivity index (χ0n) is 10.9. The molecule has 0 saturated carbocycles. The SMILES string of the molecule is CC(C)(NC(=O)c1cccc(Cl)c1)c1ccccn1. The largest absolute Gasteiger partial charge is 0.342 e. The van der Waals surface area contributed by atoms with Crippen molar-refractivity contribution in [1.29, 1.82) is 0 Å². The highest BCUT2D eigenvalue weighted by Gasteiger charge is 2.24. The topological polar surface area (TPSA) is 42.0 Å². The van der Waals surface area contributed by atoms with Gasteiger partial charge in [0.2, 0.25) is 0 Å². The Hall–Kier alpha value is -1.87. The molecule has 1 aromatic heterocycles. The molecule has 0 aliphatic carbocycles. The average molecular weight is 275 g/mol. The van der Waals surface area contributed by atoms with Crippen LogP contribution in [0.15, 0.2) is 48.7 Å². The molecule has 0 radical (unpaired) electrons. The molecular weight excluding hydrogens is 260 g/mol. The van der Waals surface area contributed by atoms with Crippen LogP contribution in [0.5, 0.6) is 0 Å². The first-order valence-electron chi connectivity index (χ1n) is 5.98. The molecule has 4 heteroatoms. The Labute approximate surface area is 117 Å². The van der Waals surface area contributed by atoms with Gasteiger partial charge in [0.05, 0.1) is 11.2 Å². The maximum Gasteiger partial charge on any atom is 0.252 e. The number of nitrogens with one attached hydrogen (secondary N) is 1. The van der Waals surface area contributed by atoms with Gasteiger partial charge in [-0.05, 0) is 44.2 Å². The van der Waals surface area contributed by atoms with Crippen LogP contribution in [0.4, 0.5) is 0 Å². The number of hydrogen-bond donors (Lipinski definition) is 1.